The van der Waals surface area contributed by atoms with Gasteiger partial charge < -0.3 is 10.5 Å². The van der Waals surface area contributed by atoms with Gasteiger partial charge in [0, 0.05) is 19.6 Å². The van der Waals surface area contributed by atoms with Crippen LogP contribution in [-0.2, 0) is 14.9 Å². The van der Waals surface area contributed by atoms with Crippen LogP contribution in [0.4, 0.5) is 13.2 Å². The fourth-order valence-corrected chi connectivity index (χ4v) is 3.18. The van der Waals surface area contributed by atoms with Gasteiger partial charge in [0.2, 0.25) is 0 Å². The van der Waals surface area contributed by atoms with Gasteiger partial charge in [0.25, 0.3) is 10.2 Å². The van der Waals surface area contributed by atoms with Gasteiger partial charge in [-0.05, 0) is 13.8 Å². The van der Waals surface area contributed by atoms with Crippen molar-refractivity contribution in [1.29, 1.82) is 0 Å². The number of nitrogens with two attached hydrogens (primary N) is 1. The molecule has 0 saturated carbocycles. The molecule has 1 rings (SSSR count). The molecule has 3 N–H and O–H groups in total. The van der Waals surface area contributed by atoms with Crippen molar-refractivity contribution < 1.29 is 26.3 Å². The molecular formula is C9H18F3N3O3S. The molecule has 0 aromatic heterocycles. The average molecular weight is 305 g/mol. The van der Waals surface area contributed by atoms with Crippen molar-refractivity contribution in [3.63, 3.8) is 0 Å². The summed E-state index contributed by atoms with van der Waals surface area (Å²) in [7, 11) is -4.20. The van der Waals surface area contributed by atoms with Gasteiger partial charge in [-0.2, -0.15) is 30.6 Å². The van der Waals surface area contributed by atoms with Gasteiger partial charge in [-0.3, -0.25) is 0 Å². The molecule has 0 amide bonds. The van der Waals surface area contributed by atoms with Crippen LogP contribution in [0.5, 0.6) is 0 Å². The second kappa shape index (κ2) is 5.52. The first kappa shape index (κ1) is 16.6. The van der Waals surface area contributed by atoms with Crippen molar-refractivity contribution in [2.75, 3.05) is 26.2 Å². The monoisotopic (exact) mass is 305 g/mol. The number of nitrogens with one attached hydrogen (secondary N) is 1. The normalized spacial score (nSPS) is 25.5. The van der Waals surface area contributed by atoms with E-state index in [2.05, 4.69) is 0 Å². The molecule has 1 atom stereocenters. The molecule has 6 nitrogen and oxygen atoms in total. The SMILES string of the molecule is CC1(C)CN(S(=O)(=O)NCC(F)(F)F)CC(CN)O1. The van der Waals surface area contributed by atoms with Crippen LogP contribution in [0.1, 0.15) is 13.8 Å². The van der Waals surface area contributed by atoms with E-state index < -0.39 is 34.6 Å². The lowest BCUT2D eigenvalue weighted by Crippen LogP contribution is -2.59. The van der Waals surface area contributed by atoms with Crippen molar-refractivity contribution in [2.45, 2.75) is 31.7 Å². The molecule has 114 valence electrons. The number of halogens is 3. The van der Waals surface area contributed by atoms with E-state index in [4.69, 9.17) is 10.5 Å². The zero-order valence-corrected chi connectivity index (χ0v) is 11.5. The lowest BCUT2D eigenvalue weighted by molar-refractivity contribution is -0.123. The molecule has 0 aliphatic carbocycles. The van der Waals surface area contributed by atoms with Gasteiger partial charge in [0.05, 0.1) is 11.7 Å². The first-order chi connectivity index (χ1) is 8.45. The van der Waals surface area contributed by atoms with Crippen LogP contribution in [0, 0.1) is 0 Å². The molecule has 0 radical (unpaired) electrons. The lowest BCUT2D eigenvalue weighted by atomic mass is 10.1. The standard InChI is InChI=1S/C9H18F3N3O3S/c1-8(2)6-15(4-7(3-13)18-8)19(16,17)14-5-9(10,11)12/h7,14H,3-6,13H2,1-2H3. The van der Waals surface area contributed by atoms with Crippen LogP contribution in [-0.4, -0.2) is 56.8 Å². The van der Waals surface area contributed by atoms with E-state index in [0.29, 0.717) is 0 Å². The van der Waals surface area contributed by atoms with Gasteiger partial charge in [0.15, 0.2) is 0 Å². The predicted molar refractivity (Wildman–Crippen MR) is 62.6 cm³/mol. The summed E-state index contributed by atoms with van der Waals surface area (Å²) in [6.07, 6.45) is -5.13. The number of alkyl halides is 3. The molecule has 19 heavy (non-hydrogen) atoms. The largest absolute Gasteiger partial charge is 0.402 e. The molecule has 1 unspecified atom stereocenters. The summed E-state index contributed by atoms with van der Waals surface area (Å²) < 4.78 is 67.7. The van der Waals surface area contributed by atoms with E-state index in [1.54, 1.807) is 13.8 Å². The summed E-state index contributed by atoms with van der Waals surface area (Å²) in [5.41, 5.74) is 4.63. The predicted octanol–water partition coefficient (Wildman–Crippen LogP) is -0.179. The summed E-state index contributed by atoms with van der Waals surface area (Å²) >= 11 is 0. The van der Waals surface area contributed by atoms with E-state index in [1.165, 1.54) is 4.72 Å². The highest BCUT2D eigenvalue weighted by Crippen LogP contribution is 2.22. The maximum absolute atomic E-state index is 12.1. The molecule has 10 heteroatoms. The third kappa shape index (κ3) is 5.22. The number of rotatable bonds is 4. The van der Waals surface area contributed by atoms with Crippen molar-refractivity contribution in [3.8, 4) is 0 Å². The van der Waals surface area contributed by atoms with Gasteiger partial charge in [-0.1, -0.05) is 0 Å². The topological polar surface area (TPSA) is 84.7 Å². The zero-order valence-electron chi connectivity index (χ0n) is 10.7. The Balaban J connectivity index is 2.77. The third-order valence-electron chi connectivity index (χ3n) is 2.51. The molecule has 1 heterocycles. The van der Waals surface area contributed by atoms with Crippen molar-refractivity contribution >= 4 is 10.2 Å². The molecule has 1 aliphatic rings. The number of hydrogen-bond acceptors (Lipinski definition) is 4. The molecule has 1 saturated heterocycles. The Morgan fingerprint density at radius 2 is 2.05 bits per heavy atom. The second-order valence-electron chi connectivity index (χ2n) is 4.97. The van der Waals surface area contributed by atoms with E-state index in [-0.39, 0.29) is 19.6 Å². The Morgan fingerprint density at radius 3 is 2.53 bits per heavy atom. The van der Waals surface area contributed by atoms with Crippen LogP contribution in [0.3, 0.4) is 0 Å². The quantitative estimate of drug-likeness (QED) is 0.755. The van der Waals surface area contributed by atoms with Crippen molar-refractivity contribution in [3.05, 3.63) is 0 Å². The minimum Gasteiger partial charge on any atom is -0.368 e. The Morgan fingerprint density at radius 1 is 1.47 bits per heavy atom. The Labute approximate surface area is 110 Å². The number of nitrogens with zero attached hydrogens (tertiary/aromatic N) is 1. The fourth-order valence-electron chi connectivity index (χ4n) is 1.81. The minimum absolute atomic E-state index is 0.0311. The highest BCUT2D eigenvalue weighted by Gasteiger charge is 2.39. The first-order valence-electron chi connectivity index (χ1n) is 5.64. The Hall–Kier alpha value is -0.420. The molecule has 1 aliphatic heterocycles. The Kier molecular flexibility index (Phi) is 4.84. The van der Waals surface area contributed by atoms with E-state index in [1.807, 2.05) is 0 Å². The van der Waals surface area contributed by atoms with Crippen LogP contribution in [0.15, 0.2) is 0 Å². The summed E-state index contributed by atoms with van der Waals surface area (Å²) in [6.45, 7) is 1.71. The van der Waals surface area contributed by atoms with E-state index >= 15 is 0 Å². The summed E-state index contributed by atoms with van der Waals surface area (Å²) in [6, 6.07) is 0. The lowest BCUT2D eigenvalue weighted by Gasteiger charge is -2.41. The smallest absolute Gasteiger partial charge is 0.368 e. The number of hydrogen-bond donors (Lipinski definition) is 2. The number of ether oxygens (including phenoxy) is 1. The van der Waals surface area contributed by atoms with Gasteiger partial charge in [-0.25, -0.2) is 0 Å². The van der Waals surface area contributed by atoms with Crippen LogP contribution >= 0.6 is 0 Å². The maximum atomic E-state index is 12.1. The minimum atomic E-state index is -4.60. The summed E-state index contributed by atoms with van der Waals surface area (Å²) in [4.78, 5) is 0. The van der Waals surface area contributed by atoms with Crippen LogP contribution < -0.4 is 10.5 Å². The first-order valence-corrected chi connectivity index (χ1v) is 7.08. The highest BCUT2D eigenvalue weighted by atomic mass is 32.2. The summed E-state index contributed by atoms with van der Waals surface area (Å²) in [5, 5.41) is 0. The van der Waals surface area contributed by atoms with Gasteiger partial charge in [0.1, 0.15) is 6.54 Å². The third-order valence-corrected chi connectivity index (χ3v) is 3.98. The fraction of sp³-hybridized carbons (Fsp3) is 1.00. The second-order valence-corrected chi connectivity index (χ2v) is 6.72. The van der Waals surface area contributed by atoms with Crippen molar-refractivity contribution in [2.24, 2.45) is 5.73 Å². The average Bonchev–Trinajstić information content (AvgIpc) is 2.23. The molecule has 0 bridgehead atoms. The summed E-state index contributed by atoms with van der Waals surface area (Å²) in [5.74, 6) is 0. The van der Waals surface area contributed by atoms with Crippen LogP contribution in [0.2, 0.25) is 0 Å². The molecule has 0 spiro atoms. The zero-order chi connectivity index (χ0) is 14.9. The molecule has 0 aromatic carbocycles. The molecule has 0 aromatic rings. The Bertz CT molecular complexity index is 411. The van der Waals surface area contributed by atoms with E-state index in [0.717, 1.165) is 4.31 Å². The number of morpholine rings is 1. The molecule has 1 fully saturated rings. The maximum Gasteiger partial charge on any atom is 0.402 e. The highest BCUT2D eigenvalue weighted by molar-refractivity contribution is 7.87. The van der Waals surface area contributed by atoms with E-state index in [9.17, 15) is 21.6 Å². The van der Waals surface area contributed by atoms with Gasteiger partial charge in [-0.15, -0.1) is 0 Å². The van der Waals surface area contributed by atoms with Crippen molar-refractivity contribution in [1.82, 2.24) is 9.03 Å². The molecular weight excluding hydrogens is 287 g/mol. The van der Waals surface area contributed by atoms with Crippen LogP contribution in [0.25, 0.3) is 0 Å². The van der Waals surface area contributed by atoms with Gasteiger partial charge >= 0.3 is 6.18 Å².